The third-order valence-electron chi connectivity index (χ3n) is 9.63. The first kappa shape index (κ1) is 31.7. The van der Waals surface area contributed by atoms with Crippen LogP contribution in [0, 0.1) is 11.8 Å². The van der Waals surface area contributed by atoms with Crippen LogP contribution in [0.2, 0.25) is 0 Å². The Hall–Kier alpha value is -4.28. The molecule has 2 unspecified atom stereocenters. The lowest BCUT2D eigenvalue weighted by molar-refractivity contribution is -0.135. The van der Waals surface area contributed by atoms with Gasteiger partial charge in [-0.25, -0.2) is 9.97 Å². The van der Waals surface area contributed by atoms with Crippen molar-refractivity contribution in [2.24, 2.45) is 23.3 Å². The molecule has 2 aromatic heterocycles. The molecule has 4 heterocycles. The van der Waals surface area contributed by atoms with E-state index in [1.807, 2.05) is 49.9 Å². The van der Waals surface area contributed by atoms with Gasteiger partial charge in [-0.15, -0.1) is 0 Å². The molecule has 46 heavy (non-hydrogen) atoms. The van der Waals surface area contributed by atoms with Gasteiger partial charge >= 0.3 is 0 Å². The first-order valence-corrected chi connectivity index (χ1v) is 16.6. The third kappa shape index (κ3) is 6.24. The number of hydrogen-bond acceptors (Lipinski definition) is 6. The summed E-state index contributed by atoms with van der Waals surface area (Å²) in [6.45, 7) is 9.34. The minimum Gasteiger partial charge on any atom is -0.340 e. The molecule has 2 amide bonds. The Bertz CT molecular complexity index is 1530. The molecule has 2 aliphatic heterocycles. The second kappa shape index (κ2) is 13.2. The van der Waals surface area contributed by atoms with E-state index in [0.717, 1.165) is 71.0 Å². The summed E-state index contributed by atoms with van der Waals surface area (Å²) in [5.74, 6) is 1.80. The number of aromatic amines is 2. The fourth-order valence-corrected chi connectivity index (χ4v) is 6.57. The van der Waals surface area contributed by atoms with Gasteiger partial charge in [-0.05, 0) is 59.8 Å². The van der Waals surface area contributed by atoms with Gasteiger partial charge < -0.3 is 31.2 Å². The van der Waals surface area contributed by atoms with Crippen LogP contribution in [0.1, 0.15) is 77.1 Å². The minimum absolute atomic E-state index is 0.00181. The molecule has 10 nitrogen and oxygen atoms in total. The largest absolute Gasteiger partial charge is 0.340 e. The molecule has 0 spiro atoms. The zero-order chi connectivity index (χ0) is 32.5. The van der Waals surface area contributed by atoms with Crippen LogP contribution in [0.4, 0.5) is 0 Å². The number of likely N-dealkylation sites (tertiary alicyclic amines) is 2. The fourth-order valence-electron chi connectivity index (χ4n) is 6.57. The highest BCUT2D eigenvalue weighted by Gasteiger charge is 2.36. The van der Waals surface area contributed by atoms with Gasteiger partial charge in [-0.1, -0.05) is 76.2 Å². The molecule has 0 radical (unpaired) electrons. The van der Waals surface area contributed by atoms with Crippen molar-refractivity contribution in [3.05, 3.63) is 72.6 Å². The van der Waals surface area contributed by atoms with Crippen molar-refractivity contribution in [1.82, 2.24) is 29.7 Å². The molecular formula is C36H46N8O2. The van der Waals surface area contributed by atoms with E-state index in [2.05, 4.69) is 68.5 Å². The van der Waals surface area contributed by atoms with Crippen molar-refractivity contribution >= 4 is 11.8 Å². The topological polar surface area (TPSA) is 150 Å². The Labute approximate surface area is 271 Å². The molecule has 242 valence electrons. The molecule has 2 aliphatic rings. The number of amides is 2. The second-order valence-corrected chi connectivity index (χ2v) is 13.4. The number of nitrogens with zero attached hydrogens (tertiary/aromatic N) is 4. The van der Waals surface area contributed by atoms with Gasteiger partial charge in [0.05, 0.1) is 47.9 Å². The van der Waals surface area contributed by atoms with Gasteiger partial charge in [0.2, 0.25) is 11.8 Å². The summed E-state index contributed by atoms with van der Waals surface area (Å²) in [5.41, 5.74) is 18.5. The van der Waals surface area contributed by atoms with E-state index < -0.39 is 12.1 Å². The Morgan fingerprint density at radius 1 is 0.652 bits per heavy atom. The van der Waals surface area contributed by atoms with Gasteiger partial charge in [-0.2, -0.15) is 0 Å². The van der Waals surface area contributed by atoms with Crippen LogP contribution in [0.3, 0.4) is 0 Å². The lowest BCUT2D eigenvalue weighted by Crippen LogP contribution is -2.46. The van der Waals surface area contributed by atoms with Crippen LogP contribution >= 0.6 is 0 Å². The van der Waals surface area contributed by atoms with Gasteiger partial charge in [0, 0.05) is 13.1 Å². The van der Waals surface area contributed by atoms with Crippen molar-refractivity contribution in [3.8, 4) is 33.6 Å². The molecule has 0 aliphatic carbocycles. The average molecular weight is 623 g/mol. The van der Waals surface area contributed by atoms with Crippen LogP contribution in [0.5, 0.6) is 0 Å². The molecule has 2 saturated heterocycles. The number of benzene rings is 2. The van der Waals surface area contributed by atoms with Gasteiger partial charge in [-0.3, -0.25) is 9.59 Å². The monoisotopic (exact) mass is 622 g/mol. The van der Waals surface area contributed by atoms with E-state index in [9.17, 15) is 9.59 Å². The summed E-state index contributed by atoms with van der Waals surface area (Å²) in [6, 6.07) is 15.7. The highest BCUT2D eigenvalue weighted by atomic mass is 16.2. The van der Waals surface area contributed by atoms with Crippen molar-refractivity contribution in [2.45, 2.75) is 77.5 Å². The molecule has 10 heteroatoms. The number of nitrogens with one attached hydrogen (secondary N) is 2. The van der Waals surface area contributed by atoms with E-state index in [1.165, 1.54) is 0 Å². The zero-order valence-electron chi connectivity index (χ0n) is 27.2. The molecule has 6 N–H and O–H groups in total. The molecular weight excluding hydrogens is 576 g/mol. The maximum absolute atomic E-state index is 13.0. The van der Waals surface area contributed by atoms with E-state index in [1.54, 1.807) is 0 Å². The lowest BCUT2D eigenvalue weighted by Gasteiger charge is -2.27. The first-order valence-electron chi connectivity index (χ1n) is 16.6. The second-order valence-electron chi connectivity index (χ2n) is 13.4. The zero-order valence-corrected chi connectivity index (χ0v) is 27.2. The predicted molar refractivity (Wildman–Crippen MR) is 180 cm³/mol. The van der Waals surface area contributed by atoms with Crippen molar-refractivity contribution in [2.75, 3.05) is 13.1 Å². The fraction of sp³-hybridized carbons (Fsp3) is 0.444. The minimum atomic E-state index is -0.497. The molecule has 4 aromatic rings. The number of imidazole rings is 2. The van der Waals surface area contributed by atoms with Crippen molar-refractivity contribution < 1.29 is 9.59 Å². The van der Waals surface area contributed by atoms with Gasteiger partial charge in [0.1, 0.15) is 11.6 Å². The predicted octanol–water partition coefficient (Wildman–Crippen LogP) is 5.43. The summed E-state index contributed by atoms with van der Waals surface area (Å²) >= 11 is 0. The van der Waals surface area contributed by atoms with Crippen molar-refractivity contribution in [3.63, 3.8) is 0 Å². The number of carbonyl (C=O) groups is 2. The number of aromatic nitrogens is 4. The average Bonchev–Trinajstić information content (AvgIpc) is 3.89. The normalized spacial score (nSPS) is 19.7. The number of carbonyl (C=O) groups excluding carboxylic acids is 2. The quantitative estimate of drug-likeness (QED) is 0.196. The number of rotatable bonds is 9. The van der Waals surface area contributed by atoms with E-state index in [4.69, 9.17) is 11.5 Å². The molecule has 2 fully saturated rings. The third-order valence-corrected chi connectivity index (χ3v) is 9.63. The smallest absolute Gasteiger partial charge is 0.240 e. The molecule has 0 saturated carbocycles. The Balaban J connectivity index is 1.12. The Morgan fingerprint density at radius 2 is 1.00 bits per heavy atom. The lowest BCUT2D eigenvalue weighted by atomic mass is 10.0. The maximum atomic E-state index is 13.0. The summed E-state index contributed by atoms with van der Waals surface area (Å²) in [4.78, 5) is 46.0. The summed E-state index contributed by atoms with van der Waals surface area (Å²) in [6.07, 6.45) is 7.34. The SMILES string of the molecule is CC(C)[C@H](N)C(=O)N1CCCC1c1ncc(-c2ccc(-c3ccc(-c4cnc(C5CCCN5C(=O)[C@@H](N)C(C)C)[nH]4)cc3)cc2)[nH]1. The first-order chi connectivity index (χ1) is 22.1. The highest BCUT2D eigenvalue weighted by Crippen LogP contribution is 2.34. The van der Waals surface area contributed by atoms with E-state index in [-0.39, 0.29) is 35.7 Å². The molecule has 4 atom stereocenters. The summed E-state index contributed by atoms with van der Waals surface area (Å²) in [7, 11) is 0. The molecule has 2 aromatic carbocycles. The summed E-state index contributed by atoms with van der Waals surface area (Å²) < 4.78 is 0. The molecule has 0 bridgehead atoms. The van der Waals surface area contributed by atoms with Crippen LogP contribution in [-0.2, 0) is 9.59 Å². The van der Waals surface area contributed by atoms with Gasteiger partial charge in [0.15, 0.2) is 0 Å². The van der Waals surface area contributed by atoms with Gasteiger partial charge in [0.25, 0.3) is 0 Å². The standard InChI is InChI=1S/C36H46N8O2/c1-21(2)31(37)35(45)43-17-5-7-29(43)33-39-19-27(41-33)25-13-9-23(10-14-25)24-11-15-26(16-12-24)28-20-40-34(42-28)30-8-6-18-44(30)36(46)32(38)22(3)4/h9-16,19-22,29-32H,5-8,17-18,37-38H2,1-4H3,(H,39,41)(H,40,42)/t29?,30?,31-,32-/m0/s1. The number of H-pyrrole nitrogens is 2. The Kier molecular flexibility index (Phi) is 9.11. The maximum Gasteiger partial charge on any atom is 0.240 e. The number of hydrogen-bond donors (Lipinski definition) is 4. The highest BCUT2D eigenvalue weighted by molar-refractivity contribution is 5.83. The van der Waals surface area contributed by atoms with E-state index >= 15 is 0 Å². The van der Waals surface area contributed by atoms with Crippen LogP contribution in [0.15, 0.2) is 60.9 Å². The Morgan fingerprint density at radius 3 is 1.35 bits per heavy atom. The number of nitrogens with two attached hydrogens (primary N) is 2. The van der Waals surface area contributed by atoms with Crippen molar-refractivity contribution in [1.29, 1.82) is 0 Å². The summed E-state index contributed by atoms with van der Waals surface area (Å²) in [5, 5.41) is 0. The van der Waals surface area contributed by atoms with Crippen LogP contribution < -0.4 is 11.5 Å². The molecule has 6 rings (SSSR count). The van der Waals surface area contributed by atoms with E-state index in [0.29, 0.717) is 13.1 Å². The van der Waals surface area contributed by atoms with Crippen LogP contribution in [-0.4, -0.2) is 66.7 Å². The van der Waals surface area contributed by atoms with Crippen LogP contribution in [0.25, 0.3) is 33.6 Å².